The van der Waals surface area contributed by atoms with E-state index >= 15 is 0 Å². The third-order valence-corrected chi connectivity index (χ3v) is 7.36. The third kappa shape index (κ3) is 1.93. The summed E-state index contributed by atoms with van der Waals surface area (Å²) in [6, 6.07) is 3.80. The Bertz CT molecular complexity index is 585. The molecule has 2 saturated carbocycles. The second kappa shape index (κ2) is 4.73. The first-order valence-electron chi connectivity index (χ1n) is 8.20. The molecule has 3 aliphatic carbocycles. The second-order valence-electron chi connectivity index (χ2n) is 7.55. The Morgan fingerprint density at radius 2 is 2.00 bits per heavy atom. The first-order chi connectivity index (χ1) is 10.0. The highest BCUT2D eigenvalue weighted by Crippen LogP contribution is 2.61. The van der Waals surface area contributed by atoms with Crippen LogP contribution in [0, 0.1) is 17.3 Å². The molecule has 0 unspecified atom stereocenters. The minimum Gasteiger partial charge on any atom is -0.508 e. The average molecular weight is 351 g/mol. The van der Waals surface area contributed by atoms with Gasteiger partial charge in [-0.1, -0.05) is 22.9 Å². The Morgan fingerprint density at radius 3 is 2.81 bits per heavy atom. The van der Waals surface area contributed by atoms with E-state index in [1.165, 1.54) is 30.4 Å². The number of fused-ring (bicyclic) bond motifs is 5. The molecular formula is C18H23BrO2. The number of rotatable bonds is 0. The lowest BCUT2D eigenvalue weighted by Gasteiger charge is -2.50. The summed E-state index contributed by atoms with van der Waals surface area (Å²) in [4.78, 5) is 0. The molecule has 0 amide bonds. The molecular weight excluding hydrogens is 328 g/mol. The fourth-order valence-corrected chi connectivity index (χ4v) is 6.41. The van der Waals surface area contributed by atoms with Crippen LogP contribution in [-0.2, 0) is 6.42 Å². The molecule has 1 aromatic rings. The van der Waals surface area contributed by atoms with E-state index in [0.717, 1.165) is 23.7 Å². The van der Waals surface area contributed by atoms with Crippen LogP contribution in [0.2, 0.25) is 0 Å². The number of phenols is 1. The van der Waals surface area contributed by atoms with Crippen LogP contribution in [-0.4, -0.2) is 16.3 Å². The zero-order valence-corrected chi connectivity index (χ0v) is 14.1. The first-order valence-corrected chi connectivity index (χ1v) is 8.99. The number of phenolic OH excluding ortho intramolecular Hbond substituents is 1. The number of aryl methyl sites for hydroxylation is 1. The zero-order chi connectivity index (χ0) is 14.8. The lowest BCUT2D eigenvalue weighted by molar-refractivity contribution is -0.0227. The lowest BCUT2D eigenvalue weighted by atomic mass is 9.55. The Balaban J connectivity index is 1.75. The topological polar surface area (TPSA) is 40.5 Å². The maximum atomic E-state index is 10.4. The van der Waals surface area contributed by atoms with Gasteiger partial charge in [-0.3, -0.25) is 0 Å². The third-order valence-electron chi connectivity index (χ3n) is 6.70. The largest absolute Gasteiger partial charge is 0.508 e. The van der Waals surface area contributed by atoms with E-state index in [2.05, 4.69) is 22.9 Å². The van der Waals surface area contributed by atoms with Gasteiger partial charge in [0.25, 0.3) is 0 Å². The molecule has 3 heteroatoms. The maximum Gasteiger partial charge on any atom is 0.116 e. The van der Waals surface area contributed by atoms with E-state index in [1.807, 2.05) is 12.1 Å². The van der Waals surface area contributed by atoms with Crippen molar-refractivity contribution in [1.29, 1.82) is 0 Å². The van der Waals surface area contributed by atoms with Crippen molar-refractivity contribution in [2.75, 3.05) is 0 Å². The van der Waals surface area contributed by atoms with Gasteiger partial charge in [0.1, 0.15) is 5.75 Å². The molecule has 0 aliphatic heterocycles. The molecule has 3 aliphatic rings. The van der Waals surface area contributed by atoms with Crippen LogP contribution in [0.15, 0.2) is 16.6 Å². The van der Waals surface area contributed by atoms with Crippen LogP contribution < -0.4 is 0 Å². The van der Waals surface area contributed by atoms with Gasteiger partial charge in [0, 0.05) is 4.47 Å². The molecule has 0 bridgehead atoms. The number of halogens is 1. The molecule has 1 aromatic carbocycles. The number of aromatic hydroxyl groups is 1. The molecule has 0 spiro atoms. The van der Waals surface area contributed by atoms with Gasteiger partial charge in [-0.25, -0.2) is 0 Å². The van der Waals surface area contributed by atoms with Crippen LogP contribution in [0.3, 0.4) is 0 Å². The highest BCUT2D eigenvalue weighted by Gasteiger charge is 2.54. The van der Waals surface area contributed by atoms with E-state index in [4.69, 9.17) is 0 Å². The lowest BCUT2D eigenvalue weighted by Crippen LogP contribution is -2.44. The van der Waals surface area contributed by atoms with Crippen LogP contribution >= 0.6 is 15.9 Å². The fraction of sp³-hybridized carbons (Fsp3) is 0.667. The molecule has 2 fully saturated rings. The molecule has 114 valence electrons. The highest BCUT2D eigenvalue weighted by molar-refractivity contribution is 9.10. The van der Waals surface area contributed by atoms with Crippen molar-refractivity contribution in [3.8, 4) is 5.75 Å². The molecule has 5 atom stereocenters. The number of aliphatic hydroxyl groups is 1. The van der Waals surface area contributed by atoms with Gasteiger partial charge in [-0.05, 0) is 85.0 Å². The Labute approximate surface area is 134 Å². The van der Waals surface area contributed by atoms with E-state index in [-0.39, 0.29) is 11.5 Å². The van der Waals surface area contributed by atoms with Crippen molar-refractivity contribution >= 4 is 15.9 Å². The van der Waals surface area contributed by atoms with Crippen molar-refractivity contribution in [2.45, 2.75) is 57.5 Å². The number of benzene rings is 1. The summed E-state index contributed by atoms with van der Waals surface area (Å²) in [5, 5.41) is 20.2. The van der Waals surface area contributed by atoms with Crippen molar-refractivity contribution < 1.29 is 10.2 Å². The molecule has 2 N–H and O–H groups in total. The number of hydrogen-bond donors (Lipinski definition) is 2. The van der Waals surface area contributed by atoms with Crippen molar-refractivity contribution in [1.82, 2.24) is 0 Å². The maximum absolute atomic E-state index is 10.4. The predicted molar refractivity (Wildman–Crippen MR) is 86.4 cm³/mol. The standard InChI is InChI=1S/C18H23BrO2/c1-18-7-6-13-12(14(18)4-5-16(18)21)3-2-10-8-11(20)9-15(19)17(10)13/h8-9,12-14,16,20-21H,2-7H2,1H3/t12-,13-,14-,16-,18-/m0/s1. The van der Waals surface area contributed by atoms with Crippen LogP contribution in [0.5, 0.6) is 5.75 Å². The molecule has 0 saturated heterocycles. The summed E-state index contributed by atoms with van der Waals surface area (Å²) in [6.07, 6.45) is 6.63. The molecule has 2 nitrogen and oxygen atoms in total. The van der Waals surface area contributed by atoms with Gasteiger partial charge in [0.15, 0.2) is 0 Å². The normalized spacial score (nSPS) is 41.3. The summed E-state index contributed by atoms with van der Waals surface area (Å²) in [5.41, 5.74) is 2.90. The minimum absolute atomic E-state index is 0.104. The van der Waals surface area contributed by atoms with Crippen LogP contribution in [0.4, 0.5) is 0 Å². The van der Waals surface area contributed by atoms with Crippen molar-refractivity contribution in [2.24, 2.45) is 17.3 Å². The van der Waals surface area contributed by atoms with Gasteiger partial charge >= 0.3 is 0 Å². The SMILES string of the molecule is C[C@]12CC[C@@H]3c4c(Br)cc(O)cc4CC[C@@H]3[C@@H]1CC[C@@H]2O. The molecule has 4 rings (SSSR count). The summed E-state index contributed by atoms with van der Waals surface area (Å²) in [6.45, 7) is 2.31. The van der Waals surface area contributed by atoms with Crippen LogP contribution in [0.25, 0.3) is 0 Å². The average Bonchev–Trinajstić information content (AvgIpc) is 2.74. The Morgan fingerprint density at radius 1 is 1.19 bits per heavy atom. The Hall–Kier alpha value is -0.540. The summed E-state index contributed by atoms with van der Waals surface area (Å²) >= 11 is 3.68. The van der Waals surface area contributed by atoms with Gasteiger partial charge in [-0.15, -0.1) is 0 Å². The predicted octanol–water partition coefficient (Wildman–Crippen LogP) is 4.37. The number of hydrogen-bond acceptors (Lipinski definition) is 2. The van der Waals surface area contributed by atoms with E-state index in [0.29, 0.717) is 23.5 Å². The van der Waals surface area contributed by atoms with Crippen LogP contribution in [0.1, 0.15) is 56.1 Å². The zero-order valence-electron chi connectivity index (χ0n) is 12.5. The fourth-order valence-electron chi connectivity index (χ4n) is 5.62. The summed E-state index contributed by atoms with van der Waals surface area (Å²) in [5.74, 6) is 2.34. The van der Waals surface area contributed by atoms with Crippen molar-refractivity contribution in [3.63, 3.8) is 0 Å². The van der Waals surface area contributed by atoms with Gasteiger partial charge in [0.05, 0.1) is 6.10 Å². The Kier molecular flexibility index (Phi) is 3.17. The number of aliphatic hydroxyl groups excluding tert-OH is 1. The van der Waals surface area contributed by atoms with Gasteiger partial charge < -0.3 is 10.2 Å². The van der Waals surface area contributed by atoms with Gasteiger partial charge in [0.2, 0.25) is 0 Å². The second-order valence-corrected chi connectivity index (χ2v) is 8.41. The van der Waals surface area contributed by atoms with E-state index in [9.17, 15) is 10.2 Å². The summed E-state index contributed by atoms with van der Waals surface area (Å²) < 4.78 is 1.08. The quantitative estimate of drug-likeness (QED) is 0.729. The molecule has 21 heavy (non-hydrogen) atoms. The smallest absolute Gasteiger partial charge is 0.116 e. The first kappa shape index (κ1) is 14.1. The van der Waals surface area contributed by atoms with Gasteiger partial charge in [-0.2, -0.15) is 0 Å². The van der Waals surface area contributed by atoms with E-state index in [1.54, 1.807) is 0 Å². The molecule has 0 radical (unpaired) electrons. The highest BCUT2D eigenvalue weighted by atomic mass is 79.9. The molecule has 0 aromatic heterocycles. The molecule has 0 heterocycles. The summed E-state index contributed by atoms with van der Waals surface area (Å²) in [7, 11) is 0. The monoisotopic (exact) mass is 350 g/mol. The minimum atomic E-state index is -0.104. The van der Waals surface area contributed by atoms with E-state index < -0.39 is 0 Å². The van der Waals surface area contributed by atoms with Crippen molar-refractivity contribution in [3.05, 3.63) is 27.7 Å².